The summed E-state index contributed by atoms with van der Waals surface area (Å²) in [6.45, 7) is 4.99. The van der Waals surface area contributed by atoms with Crippen LogP contribution in [-0.2, 0) is 21.4 Å². The quantitative estimate of drug-likeness (QED) is 0.360. The highest BCUT2D eigenvalue weighted by Crippen LogP contribution is 2.19. The molecule has 2 aromatic rings. The predicted octanol–water partition coefficient (Wildman–Crippen LogP) is 2.12. The maximum atomic E-state index is 12.2. The van der Waals surface area contributed by atoms with Gasteiger partial charge in [-0.25, -0.2) is 4.79 Å². The lowest BCUT2D eigenvalue weighted by Crippen LogP contribution is -2.29. The molecular weight excluding hydrogens is 344 g/mol. The first-order valence-corrected chi connectivity index (χ1v) is 7.63. The summed E-state index contributed by atoms with van der Waals surface area (Å²) in [4.78, 5) is 33.8. The zero-order chi connectivity index (χ0) is 19.4. The van der Waals surface area contributed by atoms with Crippen LogP contribution in [0.5, 0.6) is 0 Å². The number of hydrogen-bond acceptors (Lipinski definition) is 7. The number of furan rings is 1. The Bertz CT molecular complexity index is 879. The fraction of sp³-hybridized carbons (Fsp3) is 0.312. The minimum Gasteiger partial charge on any atom is -0.449 e. The lowest BCUT2D eigenvalue weighted by Gasteiger charge is -2.12. The predicted molar refractivity (Wildman–Crippen MR) is 91.3 cm³/mol. The lowest BCUT2D eigenvalue weighted by atomic mass is 10.3. The van der Waals surface area contributed by atoms with Crippen molar-refractivity contribution in [3.05, 3.63) is 45.5 Å². The van der Waals surface area contributed by atoms with Gasteiger partial charge < -0.3 is 14.5 Å². The first-order valence-electron chi connectivity index (χ1n) is 7.63. The summed E-state index contributed by atoms with van der Waals surface area (Å²) in [6, 6.07) is 2.51. The molecular formula is C16H18N4O6. The molecule has 10 nitrogen and oxygen atoms in total. The van der Waals surface area contributed by atoms with Crippen molar-refractivity contribution in [2.45, 2.75) is 26.9 Å². The number of aryl methyl sites for hydroxylation is 2. The Balaban J connectivity index is 1.94. The van der Waals surface area contributed by atoms with Crippen molar-refractivity contribution in [3.63, 3.8) is 0 Å². The monoisotopic (exact) mass is 362 g/mol. The Labute approximate surface area is 148 Å². The van der Waals surface area contributed by atoms with Gasteiger partial charge in [-0.05, 0) is 32.9 Å². The van der Waals surface area contributed by atoms with Crippen LogP contribution in [0.3, 0.4) is 0 Å². The third-order valence-electron chi connectivity index (χ3n) is 3.60. The maximum absolute atomic E-state index is 12.2. The number of nitrogens with one attached hydrogen (secondary N) is 1. The summed E-state index contributed by atoms with van der Waals surface area (Å²) in [7, 11) is 1.76. The number of hydrogen-bond donors (Lipinski definition) is 1. The van der Waals surface area contributed by atoms with E-state index in [0.29, 0.717) is 11.4 Å². The van der Waals surface area contributed by atoms with Gasteiger partial charge in [0, 0.05) is 13.1 Å². The van der Waals surface area contributed by atoms with Crippen LogP contribution in [-0.4, -0.2) is 32.7 Å². The highest BCUT2D eigenvalue weighted by molar-refractivity contribution is 5.97. The van der Waals surface area contributed by atoms with Crippen molar-refractivity contribution in [2.75, 3.05) is 5.32 Å². The molecule has 26 heavy (non-hydrogen) atoms. The average Bonchev–Trinajstić information content (AvgIpc) is 3.13. The molecule has 0 saturated carbocycles. The molecule has 2 heterocycles. The summed E-state index contributed by atoms with van der Waals surface area (Å²) in [6.07, 6.45) is 1.19. The fourth-order valence-electron chi connectivity index (χ4n) is 2.13. The zero-order valence-corrected chi connectivity index (χ0v) is 14.7. The first-order chi connectivity index (χ1) is 12.2. The lowest BCUT2D eigenvalue weighted by molar-refractivity contribution is -0.402. The number of carbonyl (C=O) groups excluding carboxylic acids is 2. The number of amides is 1. The second kappa shape index (κ2) is 7.64. The fourth-order valence-corrected chi connectivity index (χ4v) is 2.13. The third kappa shape index (κ3) is 4.35. The van der Waals surface area contributed by atoms with Gasteiger partial charge >= 0.3 is 11.9 Å². The van der Waals surface area contributed by atoms with Gasteiger partial charge in [0.05, 0.1) is 23.1 Å². The van der Waals surface area contributed by atoms with Crippen molar-refractivity contribution in [1.82, 2.24) is 9.78 Å². The standard InChI is InChI=1S/C16H18N4O6/c1-9-15(10(2)19(4)18-9)17-16(22)11(3)25-14(21)8-6-12-5-7-13(26-12)20(23)24/h5-8,11H,1-4H3,(H,17,22)/b8-6+/t11-/m1/s1. The van der Waals surface area contributed by atoms with Crippen LogP contribution in [0.2, 0.25) is 0 Å². The molecule has 2 aromatic heterocycles. The van der Waals surface area contributed by atoms with E-state index >= 15 is 0 Å². The van der Waals surface area contributed by atoms with Gasteiger partial charge in [-0.15, -0.1) is 0 Å². The highest BCUT2D eigenvalue weighted by Gasteiger charge is 2.20. The van der Waals surface area contributed by atoms with E-state index in [0.717, 1.165) is 11.8 Å². The van der Waals surface area contributed by atoms with E-state index in [1.165, 1.54) is 25.1 Å². The largest absolute Gasteiger partial charge is 0.449 e. The van der Waals surface area contributed by atoms with Crippen molar-refractivity contribution in [1.29, 1.82) is 0 Å². The topological polar surface area (TPSA) is 130 Å². The van der Waals surface area contributed by atoms with Crippen molar-refractivity contribution in [3.8, 4) is 0 Å². The van der Waals surface area contributed by atoms with E-state index in [1.54, 1.807) is 25.6 Å². The first kappa shape index (κ1) is 18.9. The van der Waals surface area contributed by atoms with Gasteiger partial charge in [-0.2, -0.15) is 5.10 Å². The van der Waals surface area contributed by atoms with Crippen molar-refractivity contribution < 1.29 is 23.7 Å². The molecule has 0 bridgehead atoms. The Morgan fingerprint density at radius 2 is 2.12 bits per heavy atom. The molecule has 0 unspecified atom stereocenters. The normalized spacial score (nSPS) is 12.2. The van der Waals surface area contributed by atoms with E-state index in [4.69, 9.17) is 9.15 Å². The molecule has 0 aromatic carbocycles. The smallest absolute Gasteiger partial charge is 0.433 e. The molecule has 0 fully saturated rings. The molecule has 1 amide bonds. The molecule has 0 spiro atoms. The van der Waals surface area contributed by atoms with E-state index in [2.05, 4.69) is 10.4 Å². The molecule has 0 saturated heterocycles. The molecule has 0 radical (unpaired) electrons. The van der Waals surface area contributed by atoms with E-state index in [1.807, 2.05) is 0 Å². The SMILES string of the molecule is Cc1nn(C)c(C)c1NC(=O)[C@@H](C)OC(=O)/C=C/c1ccc([N+](=O)[O-])o1. The van der Waals surface area contributed by atoms with Crippen LogP contribution in [0.4, 0.5) is 11.6 Å². The number of aromatic nitrogens is 2. The number of carbonyl (C=O) groups is 2. The van der Waals surface area contributed by atoms with Crippen LogP contribution in [0.15, 0.2) is 22.6 Å². The van der Waals surface area contributed by atoms with E-state index in [-0.39, 0.29) is 5.76 Å². The summed E-state index contributed by atoms with van der Waals surface area (Å²) < 4.78 is 11.5. The zero-order valence-electron chi connectivity index (χ0n) is 14.7. The third-order valence-corrected chi connectivity index (χ3v) is 3.60. The minimum atomic E-state index is -1.04. The highest BCUT2D eigenvalue weighted by atomic mass is 16.6. The van der Waals surface area contributed by atoms with Gasteiger partial charge in [-0.3, -0.25) is 19.6 Å². The molecule has 0 aliphatic heterocycles. The Morgan fingerprint density at radius 3 is 2.65 bits per heavy atom. The summed E-state index contributed by atoms with van der Waals surface area (Å²) in [5.74, 6) is -1.61. The van der Waals surface area contributed by atoms with Crippen molar-refractivity contribution >= 4 is 29.5 Å². The van der Waals surface area contributed by atoms with Crippen LogP contribution in [0.1, 0.15) is 24.1 Å². The number of esters is 1. The van der Waals surface area contributed by atoms with Crippen LogP contribution in [0.25, 0.3) is 6.08 Å². The van der Waals surface area contributed by atoms with Gasteiger partial charge in [-0.1, -0.05) is 0 Å². The number of ether oxygens (including phenoxy) is 1. The maximum Gasteiger partial charge on any atom is 0.433 e. The summed E-state index contributed by atoms with van der Waals surface area (Å²) in [5, 5.41) is 17.4. The summed E-state index contributed by atoms with van der Waals surface area (Å²) >= 11 is 0. The van der Waals surface area contributed by atoms with Gasteiger partial charge in [0.1, 0.15) is 10.7 Å². The second-order valence-electron chi connectivity index (χ2n) is 5.50. The molecule has 10 heteroatoms. The van der Waals surface area contributed by atoms with E-state index < -0.39 is 28.8 Å². The van der Waals surface area contributed by atoms with Crippen LogP contribution in [0, 0.1) is 24.0 Å². The van der Waals surface area contributed by atoms with E-state index in [9.17, 15) is 19.7 Å². The van der Waals surface area contributed by atoms with Gasteiger partial charge in [0.2, 0.25) is 0 Å². The number of nitro groups is 1. The van der Waals surface area contributed by atoms with Gasteiger partial charge in [0.25, 0.3) is 5.91 Å². The Hall–Kier alpha value is -3.43. The Kier molecular flexibility index (Phi) is 5.55. The molecule has 1 N–H and O–H groups in total. The average molecular weight is 362 g/mol. The van der Waals surface area contributed by atoms with Crippen LogP contribution < -0.4 is 5.32 Å². The molecule has 1 atom stereocenters. The molecule has 2 rings (SSSR count). The number of nitrogens with zero attached hydrogens (tertiary/aromatic N) is 3. The van der Waals surface area contributed by atoms with Crippen LogP contribution >= 0.6 is 0 Å². The number of rotatable bonds is 6. The molecule has 0 aliphatic rings. The molecule has 138 valence electrons. The van der Waals surface area contributed by atoms with Crippen molar-refractivity contribution in [2.24, 2.45) is 7.05 Å². The second-order valence-corrected chi connectivity index (χ2v) is 5.50. The minimum absolute atomic E-state index is 0.118. The summed E-state index contributed by atoms with van der Waals surface area (Å²) in [5.41, 5.74) is 1.99. The molecule has 0 aliphatic carbocycles. The Morgan fingerprint density at radius 1 is 1.42 bits per heavy atom. The number of anilines is 1. The van der Waals surface area contributed by atoms with Gasteiger partial charge in [0.15, 0.2) is 6.10 Å².